The molecule has 3 aromatic carbocycles. The SMILES string of the molecule is Cc1cc(SC(Cc2ccccc2)c2sc(-c3ccc(C(F)(F)F)cc3)nc2C)ccc1O. The van der Waals surface area contributed by atoms with Crippen LogP contribution in [-0.2, 0) is 12.6 Å². The fraction of sp³-hybridized carbons (Fsp3) is 0.192. The fourth-order valence-corrected chi connectivity index (χ4v) is 6.13. The molecule has 4 rings (SSSR count). The lowest BCUT2D eigenvalue weighted by Gasteiger charge is -2.17. The van der Waals surface area contributed by atoms with Crippen LogP contribution in [0.15, 0.2) is 77.7 Å². The van der Waals surface area contributed by atoms with Crippen LogP contribution in [0.1, 0.15) is 32.5 Å². The Hall–Kier alpha value is -2.77. The third kappa shape index (κ3) is 5.60. The quantitative estimate of drug-likeness (QED) is 0.279. The molecule has 1 N–H and O–H groups in total. The summed E-state index contributed by atoms with van der Waals surface area (Å²) in [7, 11) is 0. The van der Waals surface area contributed by atoms with E-state index < -0.39 is 11.7 Å². The second kappa shape index (κ2) is 9.61. The molecule has 0 bridgehead atoms. The van der Waals surface area contributed by atoms with Gasteiger partial charge in [0.2, 0.25) is 0 Å². The summed E-state index contributed by atoms with van der Waals surface area (Å²) >= 11 is 3.22. The summed E-state index contributed by atoms with van der Waals surface area (Å²) in [5.74, 6) is 0.262. The van der Waals surface area contributed by atoms with Crippen LogP contribution >= 0.6 is 23.1 Å². The van der Waals surface area contributed by atoms with Gasteiger partial charge < -0.3 is 5.11 Å². The largest absolute Gasteiger partial charge is 0.508 e. The summed E-state index contributed by atoms with van der Waals surface area (Å²) in [5, 5.41) is 10.7. The van der Waals surface area contributed by atoms with Crippen molar-refractivity contribution in [2.75, 3.05) is 0 Å². The lowest BCUT2D eigenvalue weighted by atomic mass is 10.1. The molecule has 2 nitrogen and oxygen atoms in total. The van der Waals surface area contributed by atoms with Crippen molar-refractivity contribution in [3.05, 3.63) is 100 Å². The number of aromatic nitrogens is 1. The van der Waals surface area contributed by atoms with Crippen molar-refractivity contribution in [1.82, 2.24) is 4.98 Å². The van der Waals surface area contributed by atoms with Gasteiger partial charge in [0, 0.05) is 20.6 Å². The van der Waals surface area contributed by atoms with E-state index in [0.29, 0.717) is 10.6 Å². The molecule has 1 atom stereocenters. The molecule has 0 spiro atoms. The van der Waals surface area contributed by atoms with Gasteiger partial charge >= 0.3 is 6.18 Å². The highest BCUT2D eigenvalue weighted by Gasteiger charge is 2.30. The van der Waals surface area contributed by atoms with Crippen molar-refractivity contribution in [3.8, 4) is 16.3 Å². The number of thioether (sulfide) groups is 1. The van der Waals surface area contributed by atoms with Gasteiger partial charge in [-0.15, -0.1) is 23.1 Å². The highest BCUT2D eigenvalue weighted by molar-refractivity contribution is 7.99. The van der Waals surface area contributed by atoms with Crippen LogP contribution in [0.5, 0.6) is 5.75 Å². The number of aromatic hydroxyl groups is 1. The van der Waals surface area contributed by atoms with Crippen molar-refractivity contribution in [2.24, 2.45) is 0 Å². The van der Waals surface area contributed by atoms with Gasteiger partial charge in [-0.2, -0.15) is 13.2 Å². The van der Waals surface area contributed by atoms with E-state index >= 15 is 0 Å². The van der Waals surface area contributed by atoms with Crippen LogP contribution in [0, 0.1) is 13.8 Å². The van der Waals surface area contributed by atoms with E-state index in [1.165, 1.54) is 29.0 Å². The van der Waals surface area contributed by atoms with Crippen LogP contribution in [-0.4, -0.2) is 10.1 Å². The lowest BCUT2D eigenvalue weighted by Crippen LogP contribution is -2.03. The molecule has 0 saturated carbocycles. The first-order chi connectivity index (χ1) is 15.7. The second-order valence-corrected chi connectivity index (χ2v) is 10.1. The summed E-state index contributed by atoms with van der Waals surface area (Å²) in [6, 6.07) is 20.9. The van der Waals surface area contributed by atoms with E-state index in [2.05, 4.69) is 12.1 Å². The maximum absolute atomic E-state index is 12.9. The number of hydrogen-bond donors (Lipinski definition) is 1. The molecule has 4 aromatic rings. The highest BCUT2D eigenvalue weighted by atomic mass is 32.2. The predicted octanol–water partition coefficient (Wildman–Crippen LogP) is 8.23. The Morgan fingerprint density at radius 3 is 2.30 bits per heavy atom. The van der Waals surface area contributed by atoms with E-state index in [0.717, 1.165) is 39.6 Å². The first-order valence-corrected chi connectivity index (χ1v) is 12.1. The van der Waals surface area contributed by atoms with E-state index in [-0.39, 0.29) is 11.0 Å². The minimum absolute atomic E-state index is 0.0667. The zero-order chi connectivity index (χ0) is 23.6. The van der Waals surface area contributed by atoms with Crippen LogP contribution in [0.4, 0.5) is 13.2 Å². The van der Waals surface area contributed by atoms with Gasteiger partial charge in [0.25, 0.3) is 0 Å². The van der Waals surface area contributed by atoms with Gasteiger partial charge in [-0.25, -0.2) is 4.98 Å². The number of aryl methyl sites for hydroxylation is 2. The summed E-state index contributed by atoms with van der Waals surface area (Å²) in [6.45, 7) is 3.81. The van der Waals surface area contributed by atoms with Gasteiger partial charge in [-0.3, -0.25) is 0 Å². The standard InChI is InChI=1S/C26H22F3NOS2/c1-16-14-21(12-13-22(16)31)32-23(15-18-6-4-3-5-7-18)24-17(2)30-25(33-24)19-8-10-20(11-9-19)26(27,28)29/h3-14,23,31H,15H2,1-2H3. The summed E-state index contributed by atoms with van der Waals surface area (Å²) in [4.78, 5) is 6.82. The summed E-state index contributed by atoms with van der Waals surface area (Å²) in [6.07, 6.45) is -3.58. The van der Waals surface area contributed by atoms with Crippen LogP contribution < -0.4 is 0 Å². The first-order valence-electron chi connectivity index (χ1n) is 10.4. The molecule has 0 aliphatic heterocycles. The minimum atomic E-state index is -4.36. The molecule has 1 unspecified atom stereocenters. The molecule has 0 saturated heterocycles. The number of benzene rings is 3. The first kappa shape index (κ1) is 23.4. The van der Waals surface area contributed by atoms with Crippen molar-refractivity contribution >= 4 is 23.1 Å². The number of alkyl halides is 3. The Kier molecular flexibility index (Phi) is 6.81. The van der Waals surface area contributed by atoms with E-state index in [1.807, 2.05) is 44.2 Å². The Balaban J connectivity index is 1.67. The van der Waals surface area contributed by atoms with Crippen LogP contribution in [0.2, 0.25) is 0 Å². The lowest BCUT2D eigenvalue weighted by molar-refractivity contribution is -0.137. The molecule has 0 fully saturated rings. The highest BCUT2D eigenvalue weighted by Crippen LogP contribution is 2.44. The molecule has 1 aromatic heterocycles. The molecular weight excluding hydrogens is 463 g/mol. The van der Waals surface area contributed by atoms with Crippen molar-refractivity contribution in [2.45, 2.75) is 36.6 Å². The molecule has 0 radical (unpaired) electrons. The Morgan fingerprint density at radius 1 is 0.970 bits per heavy atom. The number of rotatable bonds is 6. The van der Waals surface area contributed by atoms with E-state index in [1.54, 1.807) is 17.8 Å². The zero-order valence-electron chi connectivity index (χ0n) is 18.1. The maximum Gasteiger partial charge on any atom is 0.416 e. The third-order valence-electron chi connectivity index (χ3n) is 5.29. The second-order valence-electron chi connectivity index (χ2n) is 7.79. The van der Waals surface area contributed by atoms with Gasteiger partial charge in [-0.05, 0) is 61.7 Å². The smallest absolute Gasteiger partial charge is 0.416 e. The van der Waals surface area contributed by atoms with Crippen molar-refractivity contribution in [3.63, 3.8) is 0 Å². The Labute approximate surface area is 199 Å². The molecule has 0 amide bonds. The number of thiazole rings is 1. The number of phenols is 1. The summed E-state index contributed by atoms with van der Waals surface area (Å²) < 4.78 is 38.8. The van der Waals surface area contributed by atoms with Gasteiger partial charge in [0.05, 0.1) is 11.3 Å². The Bertz CT molecular complexity index is 1230. The molecule has 1 heterocycles. The fourth-order valence-electron chi connectivity index (χ4n) is 3.51. The Morgan fingerprint density at radius 2 is 1.67 bits per heavy atom. The van der Waals surface area contributed by atoms with Gasteiger partial charge in [-0.1, -0.05) is 42.5 Å². The molecule has 7 heteroatoms. The number of halogens is 3. The normalized spacial score (nSPS) is 12.6. The zero-order valence-corrected chi connectivity index (χ0v) is 19.7. The van der Waals surface area contributed by atoms with Crippen LogP contribution in [0.25, 0.3) is 10.6 Å². The molecule has 33 heavy (non-hydrogen) atoms. The van der Waals surface area contributed by atoms with Gasteiger partial charge in [0.15, 0.2) is 0 Å². The molecular formula is C26H22F3NOS2. The number of nitrogens with zero attached hydrogens (tertiary/aromatic N) is 1. The molecule has 0 aliphatic rings. The minimum Gasteiger partial charge on any atom is -0.508 e. The average Bonchev–Trinajstić information content (AvgIpc) is 3.17. The third-order valence-corrected chi connectivity index (χ3v) is 7.98. The van der Waals surface area contributed by atoms with E-state index in [9.17, 15) is 18.3 Å². The van der Waals surface area contributed by atoms with E-state index in [4.69, 9.17) is 4.98 Å². The van der Waals surface area contributed by atoms with Crippen molar-refractivity contribution in [1.29, 1.82) is 0 Å². The predicted molar refractivity (Wildman–Crippen MR) is 129 cm³/mol. The van der Waals surface area contributed by atoms with Crippen molar-refractivity contribution < 1.29 is 18.3 Å². The van der Waals surface area contributed by atoms with Crippen LogP contribution in [0.3, 0.4) is 0 Å². The molecule has 0 aliphatic carbocycles. The topological polar surface area (TPSA) is 33.1 Å². The number of phenolic OH excluding ortho intramolecular Hbond substituents is 1. The average molecular weight is 486 g/mol. The monoisotopic (exact) mass is 485 g/mol. The maximum atomic E-state index is 12.9. The van der Waals surface area contributed by atoms with Gasteiger partial charge in [0.1, 0.15) is 10.8 Å². The molecule has 170 valence electrons. The number of hydrogen-bond acceptors (Lipinski definition) is 4. The summed E-state index contributed by atoms with van der Waals surface area (Å²) in [5.41, 5.74) is 2.88.